The Kier molecular flexibility index (Phi) is 4.08. The summed E-state index contributed by atoms with van der Waals surface area (Å²) in [4.78, 5) is 2.65. The second-order valence-corrected chi connectivity index (χ2v) is 3.03. The number of nitrogens with two attached hydrogens (primary N) is 1. The summed E-state index contributed by atoms with van der Waals surface area (Å²) in [6.07, 6.45) is 0.568. The molecule has 0 unspecified atom stereocenters. The zero-order chi connectivity index (χ0) is 11.1. The molecule has 0 fully saturated rings. The Labute approximate surface area is 88.7 Å². The van der Waals surface area contributed by atoms with E-state index in [1.54, 1.807) is 0 Å². The van der Waals surface area contributed by atoms with E-state index in [9.17, 15) is 0 Å². The van der Waals surface area contributed by atoms with E-state index < -0.39 is 0 Å². The fourth-order valence-corrected chi connectivity index (χ4v) is 1.10. The normalized spacial score (nSPS) is 8.60. The van der Waals surface area contributed by atoms with Crippen LogP contribution in [0, 0.1) is 18.8 Å². The van der Waals surface area contributed by atoms with Crippen LogP contribution in [0.1, 0.15) is 17.5 Å². The van der Waals surface area contributed by atoms with Gasteiger partial charge in [0.2, 0.25) is 0 Å². The second kappa shape index (κ2) is 5.58. The molecule has 0 amide bonds. The monoisotopic (exact) mass is 200 g/mol. The summed E-state index contributed by atoms with van der Waals surface area (Å²) in [6, 6.07) is 5.65. The van der Waals surface area contributed by atoms with Crippen molar-refractivity contribution in [2.75, 3.05) is 12.3 Å². The van der Waals surface area contributed by atoms with Gasteiger partial charge >= 0.3 is 0 Å². The van der Waals surface area contributed by atoms with E-state index in [1.165, 1.54) is 0 Å². The number of rotatable bonds is 2. The number of nitrogen functional groups attached to an aromatic ring is 1. The van der Waals surface area contributed by atoms with Gasteiger partial charge in [-0.3, -0.25) is 0 Å². The maximum absolute atomic E-state index is 8.06. The number of benzene rings is 1. The molecule has 0 heterocycles. The minimum Gasteiger partial charge on any atom is -0.398 e. The first-order chi connectivity index (χ1) is 7.25. The van der Waals surface area contributed by atoms with Crippen molar-refractivity contribution >= 4 is 5.69 Å². The van der Waals surface area contributed by atoms with Crippen molar-refractivity contribution in [2.24, 2.45) is 5.11 Å². The predicted molar refractivity (Wildman–Crippen MR) is 61.1 cm³/mol. The lowest BCUT2D eigenvalue weighted by Crippen LogP contribution is -1.91. The van der Waals surface area contributed by atoms with Crippen molar-refractivity contribution in [3.63, 3.8) is 0 Å². The van der Waals surface area contributed by atoms with Gasteiger partial charge in [0.1, 0.15) is 0 Å². The Bertz CT molecular complexity index is 447. The molecule has 0 aliphatic heterocycles. The summed E-state index contributed by atoms with van der Waals surface area (Å²) in [5.74, 6) is 5.93. The minimum atomic E-state index is 0.408. The van der Waals surface area contributed by atoms with Gasteiger partial charge in [-0.15, -0.1) is 0 Å². The van der Waals surface area contributed by atoms with Crippen LogP contribution in [-0.4, -0.2) is 6.54 Å². The fraction of sp³-hybridized carbons (Fsp3) is 0.273. The molecular formula is C11H12N4. The van der Waals surface area contributed by atoms with Gasteiger partial charge in [0.15, 0.2) is 0 Å². The maximum Gasteiger partial charge on any atom is 0.0367 e. The molecule has 4 heteroatoms. The third-order valence-electron chi connectivity index (χ3n) is 2.00. The predicted octanol–water partition coefficient (Wildman–Crippen LogP) is 2.63. The van der Waals surface area contributed by atoms with Crippen LogP contribution in [0.4, 0.5) is 5.69 Å². The first-order valence-corrected chi connectivity index (χ1v) is 4.60. The van der Waals surface area contributed by atoms with E-state index in [4.69, 9.17) is 11.3 Å². The molecular weight excluding hydrogens is 188 g/mol. The lowest BCUT2D eigenvalue weighted by atomic mass is 10.1. The third kappa shape index (κ3) is 3.26. The van der Waals surface area contributed by atoms with Crippen molar-refractivity contribution < 1.29 is 0 Å². The van der Waals surface area contributed by atoms with Crippen LogP contribution in [-0.2, 0) is 0 Å². The van der Waals surface area contributed by atoms with Crippen LogP contribution < -0.4 is 5.73 Å². The highest BCUT2D eigenvalue weighted by Crippen LogP contribution is 2.13. The molecule has 15 heavy (non-hydrogen) atoms. The number of hydrogen-bond acceptors (Lipinski definition) is 2. The first-order valence-electron chi connectivity index (χ1n) is 4.60. The van der Waals surface area contributed by atoms with E-state index in [0.717, 1.165) is 16.8 Å². The quantitative estimate of drug-likeness (QED) is 0.195. The maximum atomic E-state index is 8.06. The summed E-state index contributed by atoms with van der Waals surface area (Å²) in [7, 11) is 0. The Hall–Kier alpha value is -2.11. The lowest BCUT2D eigenvalue weighted by molar-refractivity contribution is 1.01. The highest BCUT2D eigenvalue weighted by atomic mass is 15.1. The van der Waals surface area contributed by atoms with Gasteiger partial charge < -0.3 is 5.73 Å². The third-order valence-corrected chi connectivity index (χ3v) is 2.00. The number of nitrogens with zero attached hydrogens (tertiary/aromatic N) is 3. The smallest absolute Gasteiger partial charge is 0.0367 e. The van der Waals surface area contributed by atoms with Crippen molar-refractivity contribution in [3.8, 4) is 11.8 Å². The van der Waals surface area contributed by atoms with Gasteiger partial charge in [0.25, 0.3) is 0 Å². The van der Waals surface area contributed by atoms with Crippen LogP contribution >= 0.6 is 0 Å². The molecule has 0 saturated heterocycles. The molecule has 0 bridgehead atoms. The molecule has 1 rings (SSSR count). The van der Waals surface area contributed by atoms with Gasteiger partial charge in [-0.1, -0.05) is 23.0 Å². The topological polar surface area (TPSA) is 74.8 Å². The Morgan fingerprint density at radius 1 is 1.53 bits per heavy atom. The summed E-state index contributed by atoms with van der Waals surface area (Å²) >= 11 is 0. The van der Waals surface area contributed by atoms with Gasteiger partial charge in [-0.05, 0) is 30.2 Å². The fourth-order valence-electron chi connectivity index (χ4n) is 1.10. The summed E-state index contributed by atoms with van der Waals surface area (Å²) < 4.78 is 0. The molecule has 0 spiro atoms. The zero-order valence-electron chi connectivity index (χ0n) is 8.57. The molecule has 0 atom stereocenters. The van der Waals surface area contributed by atoms with E-state index in [-0.39, 0.29) is 0 Å². The molecule has 0 aliphatic carbocycles. The van der Waals surface area contributed by atoms with Crippen LogP contribution in [0.3, 0.4) is 0 Å². The molecule has 4 nitrogen and oxygen atoms in total. The van der Waals surface area contributed by atoms with Gasteiger partial charge in [-0.2, -0.15) is 0 Å². The van der Waals surface area contributed by atoms with Gasteiger partial charge in [-0.25, -0.2) is 0 Å². The SMILES string of the molecule is Cc1c(N)cccc1C#CCCN=[N+]=[N-]. The van der Waals surface area contributed by atoms with E-state index in [1.807, 2.05) is 25.1 Å². The van der Waals surface area contributed by atoms with Crippen LogP contribution in [0.2, 0.25) is 0 Å². The van der Waals surface area contributed by atoms with Crippen molar-refractivity contribution in [3.05, 3.63) is 39.8 Å². The largest absolute Gasteiger partial charge is 0.398 e. The highest BCUT2D eigenvalue weighted by Gasteiger charge is 1.96. The molecule has 76 valence electrons. The van der Waals surface area contributed by atoms with E-state index >= 15 is 0 Å². The summed E-state index contributed by atoms with van der Waals surface area (Å²) in [5.41, 5.74) is 16.5. The molecule has 1 aromatic rings. The average molecular weight is 200 g/mol. The Morgan fingerprint density at radius 3 is 3.07 bits per heavy atom. The molecule has 2 N–H and O–H groups in total. The molecule has 0 radical (unpaired) electrons. The Balaban J connectivity index is 2.71. The summed E-state index contributed by atoms with van der Waals surface area (Å²) in [5, 5.41) is 3.40. The van der Waals surface area contributed by atoms with E-state index in [0.29, 0.717) is 13.0 Å². The average Bonchev–Trinajstić information content (AvgIpc) is 2.24. The first kappa shape index (κ1) is 11.0. The highest BCUT2D eigenvalue weighted by molar-refractivity contribution is 5.55. The molecule has 0 aliphatic rings. The lowest BCUT2D eigenvalue weighted by Gasteiger charge is -2.00. The number of azide groups is 1. The van der Waals surface area contributed by atoms with Gasteiger partial charge in [0, 0.05) is 29.1 Å². The van der Waals surface area contributed by atoms with Crippen LogP contribution in [0.5, 0.6) is 0 Å². The molecule has 1 aromatic carbocycles. The van der Waals surface area contributed by atoms with Crippen molar-refractivity contribution in [1.82, 2.24) is 0 Å². The molecule has 0 aromatic heterocycles. The number of anilines is 1. The van der Waals surface area contributed by atoms with E-state index in [2.05, 4.69) is 21.9 Å². The summed E-state index contributed by atoms with van der Waals surface area (Å²) in [6.45, 7) is 2.34. The second-order valence-electron chi connectivity index (χ2n) is 3.03. The zero-order valence-corrected chi connectivity index (χ0v) is 8.57. The molecule has 0 saturated carbocycles. The van der Waals surface area contributed by atoms with Crippen LogP contribution in [0.25, 0.3) is 10.4 Å². The van der Waals surface area contributed by atoms with Crippen molar-refractivity contribution in [2.45, 2.75) is 13.3 Å². The number of hydrogen-bond donors (Lipinski definition) is 1. The standard InChI is InChI=1S/C11H12N4/c1-9-10(6-4-7-11(9)12)5-2-3-8-14-15-13/h4,6-7H,3,8,12H2,1H3. The van der Waals surface area contributed by atoms with Crippen LogP contribution in [0.15, 0.2) is 23.3 Å². The Morgan fingerprint density at radius 2 is 2.33 bits per heavy atom. The van der Waals surface area contributed by atoms with Crippen molar-refractivity contribution in [1.29, 1.82) is 0 Å². The van der Waals surface area contributed by atoms with Gasteiger partial charge in [0.05, 0.1) is 0 Å². The minimum absolute atomic E-state index is 0.408.